The lowest BCUT2D eigenvalue weighted by atomic mass is 9.73. The van der Waals surface area contributed by atoms with Crippen molar-refractivity contribution in [3.8, 4) is 0 Å². The highest BCUT2D eigenvalue weighted by molar-refractivity contribution is 7.99. The molecule has 2 aromatic rings. The van der Waals surface area contributed by atoms with Gasteiger partial charge in [0, 0.05) is 42.7 Å². The van der Waals surface area contributed by atoms with Crippen molar-refractivity contribution in [1.82, 2.24) is 5.01 Å². The molecule has 1 fully saturated rings. The van der Waals surface area contributed by atoms with Crippen LogP contribution in [0.15, 0.2) is 57.4 Å². The number of aryl methyl sites for hydroxylation is 1. The van der Waals surface area contributed by atoms with Crippen LogP contribution >= 0.6 is 11.8 Å². The lowest BCUT2D eigenvalue weighted by Crippen LogP contribution is -2.45. The van der Waals surface area contributed by atoms with Crippen molar-refractivity contribution in [1.29, 1.82) is 0 Å². The summed E-state index contributed by atoms with van der Waals surface area (Å²) in [6.07, 6.45) is 4.20. The number of hydrazone groups is 1. The molecule has 1 amide bonds. The van der Waals surface area contributed by atoms with E-state index in [4.69, 9.17) is 10.5 Å². The minimum Gasteiger partial charge on any atom is -0.381 e. The highest BCUT2D eigenvalue weighted by atomic mass is 32.2. The van der Waals surface area contributed by atoms with Crippen molar-refractivity contribution < 1.29 is 9.53 Å². The van der Waals surface area contributed by atoms with Gasteiger partial charge in [-0.3, -0.25) is 9.80 Å². The molecule has 2 aliphatic rings. The van der Waals surface area contributed by atoms with Crippen molar-refractivity contribution in [2.45, 2.75) is 47.4 Å². The van der Waals surface area contributed by atoms with Crippen LogP contribution in [0.5, 0.6) is 0 Å². The molecule has 2 aromatic carbocycles. The van der Waals surface area contributed by atoms with Crippen LogP contribution in [0.2, 0.25) is 0 Å². The van der Waals surface area contributed by atoms with Gasteiger partial charge in [0.1, 0.15) is 0 Å². The minimum absolute atomic E-state index is 0.258. The first-order valence-corrected chi connectivity index (χ1v) is 10.8. The summed E-state index contributed by atoms with van der Waals surface area (Å²) in [5, 5.41) is 6.38. The zero-order chi connectivity index (χ0) is 20.4. The second-order valence-electron chi connectivity index (χ2n) is 7.83. The third-order valence-corrected chi connectivity index (χ3v) is 7.06. The van der Waals surface area contributed by atoms with E-state index in [2.05, 4.69) is 42.4 Å². The Morgan fingerprint density at radius 2 is 1.97 bits per heavy atom. The fourth-order valence-corrected chi connectivity index (χ4v) is 5.29. The molecule has 0 aliphatic carbocycles. The van der Waals surface area contributed by atoms with E-state index < -0.39 is 5.41 Å². The molecule has 1 unspecified atom stereocenters. The van der Waals surface area contributed by atoms with E-state index in [-0.39, 0.29) is 5.91 Å². The van der Waals surface area contributed by atoms with E-state index in [1.54, 1.807) is 11.8 Å². The van der Waals surface area contributed by atoms with Crippen LogP contribution in [-0.4, -0.2) is 37.4 Å². The van der Waals surface area contributed by atoms with E-state index in [9.17, 15) is 4.79 Å². The third kappa shape index (κ3) is 3.91. The van der Waals surface area contributed by atoms with Crippen LogP contribution in [0, 0.1) is 6.92 Å². The number of nitrogens with two attached hydrogens (primary N) is 1. The monoisotopic (exact) mass is 409 g/mol. The highest BCUT2D eigenvalue weighted by Crippen LogP contribution is 2.38. The Balaban J connectivity index is 1.57. The van der Waals surface area contributed by atoms with Gasteiger partial charge < -0.3 is 10.5 Å². The van der Waals surface area contributed by atoms with Crippen molar-refractivity contribution in [3.05, 3.63) is 59.2 Å². The molecule has 0 saturated carbocycles. The zero-order valence-electron chi connectivity index (χ0n) is 16.9. The average molecular weight is 410 g/mol. The standard InChI is InChI=1S/C23H27N3O2S/c1-16-14-19(6-7-20(16)21-8-11-25-26(21)2)29-18-5-3-4-17(15-18)23(22(24)27)9-12-28-13-10-23/h3-7,11,14-15,21H,8-10,12-13H2,1-2H3,(H2,24,27). The molecule has 0 aromatic heterocycles. The SMILES string of the molecule is Cc1cc(Sc2cccc(C3(C(N)=O)CCOCC3)c2)ccc1C1CC=NN1C. The molecule has 152 valence electrons. The predicted molar refractivity (Wildman–Crippen MR) is 116 cm³/mol. The van der Waals surface area contributed by atoms with Gasteiger partial charge in [0.25, 0.3) is 0 Å². The smallest absolute Gasteiger partial charge is 0.228 e. The van der Waals surface area contributed by atoms with Gasteiger partial charge in [-0.25, -0.2) is 0 Å². The van der Waals surface area contributed by atoms with E-state index >= 15 is 0 Å². The first-order chi connectivity index (χ1) is 14.0. The Labute approximate surface area is 176 Å². The van der Waals surface area contributed by atoms with Crippen LogP contribution < -0.4 is 5.73 Å². The molecule has 2 heterocycles. The Hall–Kier alpha value is -2.31. The van der Waals surface area contributed by atoms with Gasteiger partial charge in [-0.2, -0.15) is 5.10 Å². The van der Waals surface area contributed by atoms with E-state index in [1.165, 1.54) is 16.0 Å². The summed E-state index contributed by atoms with van der Waals surface area (Å²) in [6, 6.07) is 15.2. The third-order valence-electron chi connectivity index (χ3n) is 6.08. The first kappa shape index (κ1) is 20.0. The Kier molecular flexibility index (Phi) is 5.65. The van der Waals surface area contributed by atoms with Crippen molar-refractivity contribution in [3.63, 3.8) is 0 Å². The molecule has 0 spiro atoms. The molecule has 0 radical (unpaired) electrons. The van der Waals surface area contributed by atoms with Crippen molar-refractivity contribution in [2.75, 3.05) is 20.3 Å². The van der Waals surface area contributed by atoms with E-state index in [0.29, 0.717) is 32.1 Å². The topological polar surface area (TPSA) is 67.9 Å². The van der Waals surface area contributed by atoms with Crippen LogP contribution in [0.3, 0.4) is 0 Å². The van der Waals surface area contributed by atoms with Gasteiger partial charge in [-0.05, 0) is 60.7 Å². The molecule has 1 saturated heterocycles. The number of amides is 1. The van der Waals surface area contributed by atoms with Gasteiger partial charge in [-0.1, -0.05) is 30.0 Å². The zero-order valence-corrected chi connectivity index (χ0v) is 17.7. The molecular formula is C23H27N3O2S. The Morgan fingerprint density at radius 1 is 1.21 bits per heavy atom. The second kappa shape index (κ2) is 8.20. The number of hydrogen-bond acceptors (Lipinski definition) is 5. The number of primary amides is 1. The predicted octanol–water partition coefficient (Wildman–Crippen LogP) is 4.04. The molecule has 2 N–H and O–H groups in total. The summed E-state index contributed by atoms with van der Waals surface area (Å²) in [5.41, 5.74) is 8.79. The van der Waals surface area contributed by atoms with Gasteiger partial charge in [0.15, 0.2) is 0 Å². The summed E-state index contributed by atoms with van der Waals surface area (Å²) in [5.74, 6) is -0.258. The van der Waals surface area contributed by atoms with Gasteiger partial charge >= 0.3 is 0 Å². The molecule has 1 atom stereocenters. The number of nitrogens with zero attached hydrogens (tertiary/aromatic N) is 2. The highest BCUT2D eigenvalue weighted by Gasteiger charge is 2.40. The van der Waals surface area contributed by atoms with Crippen molar-refractivity contribution in [2.24, 2.45) is 10.8 Å². The molecule has 29 heavy (non-hydrogen) atoms. The fraction of sp³-hybridized carbons (Fsp3) is 0.391. The largest absolute Gasteiger partial charge is 0.381 e. The maximum absolute atomic E-state index is 12.3. The first-order valence-electron chi connectivity index (χ1n) is 10.0. The maximum Gasteiger partial charge on any atom is 0.228 e. The second-order valence-corrected chi connectivity index (χ2v) is 8.98. The fourth-order valence-electron chi connectivity index (χ4n) is 4.31. The van der Waals surface area contributed by atoms with E-state index in [0.717, 1.165) is 16.9 Å². The number of rotatable bonds is 5. The molecule has 5 nitrogen and oxygen atoms in total. The number of ether oxygens (including phenoxy) is 1. The normalized spacial score (nSPS) is 20.8. The van der Waals surface area contributed by atoms with Crippen LogP contribution in [0.25, 0.3) is 0 Å². The van der Waals surface area contributed by atoms with Crippen LogP contribution in [0.4, 0.5) is 0 Å². The number of benzene rings is 2. The number of carbonyl (C=O) groups excluding carboxylic acids is 1. The maximum atomic E-state index is 12.3. The summed E-state index contributed by atoms with van der Waals surface area (Å²) in [4.78, 5) is 14.6. The van der Waals surface area contributed by atoms with Gasteiger partial charge in [-0.15, -0.1) is 0 Å². The summed E-state index contributed by atoms with van der Waals surface area (Å²) < 4.78 is 5.47. The summed E-state index contributed by atoms with van der Waals surface area (Å²) in [6.45, 7) is 3.30. The van der Waals surface area contributed by atoms with Crippen molar-refractivity contribution >= 4 is 23.9 Å². The number of hydrogen-bond donors (Lipinski definition) is 1. The molecule has 6 heteroatoms. The van der Waals surface area contributed by atoms with E-state index in [1.807, 2.05) is 30.4 Å². The number of carbonyl (C=O) groups is 1. The molecule has 2 aliphatic heterocycles. The quantitative estimate of drug-likeness (QED) is 0.809. The van der Waals surface area contributed by atoms with Gasteiger partial charge in [0.2, 0.25) is 5.91 Å². The lowest BCUT2D eigenvalue weighted by Gasteiger charge is -2.34. The summed E-state index contributed by atoms with van der Waals surface area (Å²) >= 11 is 1.71. The minimum atomic E-state index is -0.623. The Morgan fingerprint density at radius 3 is 2.62 bits per heavy atom. The van der Waals surface area contributed by atoms with Crippen LogP contribution in [0.1, 0.15) is 42.0 Å². The van der Waals surface area contributed by atoms with Gasteiger partial charge in [0.05, 0.1) is 11.5 Å². The summed E-state index contributed by atoms with van der Waals surface area (Å²) in [7, 11) is 2.02. The Bertz CT molecular complexity index is 937. The average Bonchev–Trinajstić information content (AvgIpc) is 3.14. The lowest BCUT2D eigenvalue weighted by molar-refractivity contribution is -0.127. The molecular weight excluding hydrogens is 382 g/mol. The molecule has 4 rings (SSSR count). The molecule has 0 bridgehead atoms. The van der Waals surface area contributed by atoms with Crippen LogP contribution in [-0.2, 0) is 14.9 Å².